The molecule has 0 unspecified atom stereocenters. The highest BCUT2D eigenvalue weighted by Gasteiger charge is 2.56. The first-order valence-electron chi connectivity index (χ1n) is 25.2. The summed E-state index contributed by atoms with van der Waals surface area (Å²) in [7, 11) is -5.90. The first-order valence-corrected chi connectivity index (χ1v) is 29.2. The monoisotopic (exact) mass is 950 g/mol. The Morgan fingerprint density at radius 2 is 0.611 bits per heavy atom. The van der Waals surface area contributed by atoms with Gasteiger partial charge in [0.05, 0.1) is 22.1 Å². The van der Waals surface area contributed by atoms with E-state index in [0.717, 1.165) is 11.4 Å². The van der Waals surface area contributed by atoms with Crippen molar-refractivity contribution in [1.29, 1.82) is 0 Å². The van der Waals surface area contributed by atoms with E-state index in [2.05, 4.69) is 290 Å². The Kier molecular flexibility index (Phi) is 9.72. The van der Waals surface area contributed by atoms with Crippen molar-refractivity contribution in [3.63, 3.8) is 0 Å². The number of aryl methyl sites for hydroxylation is 2. The molecule has 0 saturated heterocycles. The van der Waals surface area contributed by atoms with Gasteiger partial charge in [-0.3, -0.25) is 0 Å². The second kappa shape index (κ2) is 16.5. The van der Waals surface area contributed by atoms with Crippen molar-refractivity contribution in [2.45, 2.75) is 13.8 Å². The van der Waals surface area contributed by atoms with Crippen LogP contribution in [0.5, 0.6) is 0 Å². The van der Waals surface area contributed by atoms with E-state index in [0.29, 0.717) is 0 Å². The van der Waals surface area contributed by atoms with Crippen LogP contribution in [0.3, 0.4) is 0 Å². The summed E-state index contributed by atoms with van der Waals surface area (Å²) in [4.78, 5) is 0. The topological polar surface area (TPSA) is 9.86 Å². The summed E-state index contributed by atoms with van der Waals surface area (Å²) in [5.41, 5.74) is 12.1. The second-order valence-corrected chi connectivity index (χ2v) is 27.2. The predicted octanol–water partition coefficient (Wildman–Crippen LogP) is 11.2. The van der Waals surface area contributed by atoms with Crippen LogP contribution in [0.4, 0.5) is 0 Å². The maximum atomic E-state index is 2.56. The summed E-state index contributed by atoms with van der Waals surface area (Å²) >= 11 is 0. The standard InChI is InChI=1S/C68H50N2Si2/c1-47-34-38-61-57(42-47)58-43-48(2)35-39-62(58)70(61)52-37-41-64-60(46-52)59-44-50(49-20-7-3-8-21-49)36-40-63(59)69(64)51-22-19-29-56(45-51)72(55-27-13-6-14-28-55)67-32-17-15-30-65(67)71(53-23-9-4-10-24-53,54-25-11-5-12-26-54)66-31-16-18-33-68(66)72/h3-46H,1-2H3. The fraction of sp³-hybridized carbons (Fsp3) is 0.0294. The number of fused-ring (bicyclic) bond motifs is 8. The fourth-order valence-electron chi connectivity index (χ4n) is 12.9. The summed E-state index contributed by atoms with van der Waals surface area (Å²) in [6, 6.07) is 102. The van der Waals surface area contributed by atoms with Crippen molar-refractivity contribution in [3.8, 4) is 22.5 Å². The number of rotatable bonds is 7. The van der Waals surface area contributed by atoms with Gasteiger partial charge in [0.2, 0.25) is 0 Å². The number of nitrogens with zero attached hydrogens (tertiary/aromatic N) is 2. The van der Waals surface area contributed by atoms with E-state index in [4.69, 9.17) is 0 Å². The van der Waals surface area contributed by atoms with Crippen molar-refractivity contribution in [2.75, 3.05) is 0 Å². The van der Waals surface area contributed by atoms with E-state index in [1.54, 1.807) is 0 Å². The average Bonchev–Trinajstić information content (AvgIpc) is 3.94. The third-order valence-corrected chi connectivity index (χ3v) is 26.1. The summed E-state index contributed by atoms with van der Waals surface area (Å²) in [5, 5.41) is 16.5. The number of benzene rings is 11. The SMILES string of the molecule is Cc1ccc2c(c1)c1cc(C)ccc1n2-c1ccc2c(c1)c1cc(-c3ccccc3)ccc1n2-c1cccc([Si]2(c3ccccc3)c3ccccc3[Si](c3ccccc3)(c3ccccc3)c3ccccc32)c1. The summed E-state index contributed by atoms with van der Waals surface area (Å²) in [5.74, 6) is 0. The van der Waals surface area contributed by atoms with Gasteiger partial charge in [0.15, 0.2) is 16.1 Å². The molecular weight excluding hydrogens is 901 g/mol. The second-order valence-electron chi connectivity index (χ2n) is 19.8. The van der Waals surface area contributed by atoms with E-state index in [1.165, 1.54) is 107 Å². The molecule has 4 heteroatoms. The largest absolute Gasteiger partial charge is 0.309 e. The van der Waals surface area contributed by atoms with Gasteiger partial charge in [-0.1, -0.05) is 211 Å². The van der Waals surface area contributed by atoms with Gasteiger partial charge in [-0.05, 0) is 133 Å². The van der Waals surface area contributed by atoms with Crippen molar-refractivity contribution < 1.29 is 0 Å². The molecule has 3 heterocycles. The highest BCUT2D eigenvalue weighted by molar-refractivity contribution is 7.32. The van der Waals surface area contributed by atoms with Crippen LogP contribution in [0.2, 0.25) is 0 Å². The zero-order valence-electron chi connectivity index (χ0n) is 40.3. The fourth-order valence-corrected chi connectivity index (χ4v) is 25.0. The number of hydrogen-bond acceptors (Lipinski definition) is 0. The Bertz CT molecular complexity index is 4080. The molecule has 0 aliphatic carbocycles. The lowest BCUT2D eigenvalue weighted by Gasteiger charge is -2.48. The van der Waals surface area contributed by atoms with Gasteiger partial charge in [-0.25, -0.2) is 0 Å². The lowest BCUT2D eigenvalue weighted by molar-refractivity contribution is 1.17. The lowest BCUT2D eigenvalue weighted by Crippen LogP contribution is -2.93. The van der Waals surface area contributed by atoms with E-state index in [9.17, 15) is 0 Å². The first kappa shape index (κ1) is 42.3. The normalized spacial score (nSPS) is 13.6. The predicted molar refractivity (Wildman–Crippen MR) is 311 cm³/mol. The summed E-state index contributed by atoms with van der Waals surface area (Å²) in [6.45, 7) is 4.39. The average molecular weight is 951 g/mol. The Morgan fingerprint density at radius 3 is 1.10 bits per heavy atom. The molecule has 1 aliphatic heterocycles. The molecule has 0 bridgehead atoms. The van der Waals surface area contributed by atoms with E-state index >= 15 is 0 Å². The first-order chi connectivity index (χ1) is 35.5. The molecule has 0 amide bonds. The van der Waals surface area contributed by atoms with E-state index in [-0.39, 0.29) is 0 Å². The maximum absolute atomic E-state index is 3.05. The molecule has 2 nitrogen and oxygen atoms in total. The minimum absolute atomic E-state index is 1.16. The Hall–Kier alpha value is -8.55. The minimum atomic E-state index is -3.05. The van der Waals surface area contributed by atoms with Gasteiger partial charge >= 0.3 is 0 Å². The van der Waals surface area contributed by atoms with Crippen LogP contribution in [0.1, 0.15) is 11.1 Å². The lowest BCUT2D eigenvalue weighted by atomic mass is 10.0. The van der Waals surface area contributed by atoms with Gasteiger partial charge in [0.25, 0.3) is 0 Å². The number of aromatic nitrogens is 2. The van der Waals surface area contributed by atoms with Crippen molar-refractivity contribution in [1.82, 2.24) is 9.13 Å². The highest BCUT2D eigenvalue weighted by atomic mass is 28.3. The van der Waals surface area contributed by atoms with E-state index < -0.39 is 16.1 Å². The molecule has 0 fully saturated rings. The Morgan fingerprint density at radius 1 is 0.250 bits per heavy atom. The maximum Gasteiger partial charge on any atom is 0.179 e. The highest BCUT2D eigenvalue weighted by Crippen LogP contribution is 2.39. The van der Waals surface area contributed by atoms with Gasteiger partial charge in [-0.2, -0.15) is 0 Å². The van der Waals surface area contributed by atoms with E-state index in [1.807, 2.05) is 0 Å². The van der Waals surface area contributed by atoms with Crippen LogP contribution < -0.4 is 41.5 Å². The van der Waals surface area contributed by atoms with Crippen LogP contribution in [-0.2, 0) is 0 Å². The molecule has 1 aliphatic rings. The van der Waals surface area contributed by atoms with Crippen molar-refractivity contribution in [2.24, 2.45) is 0 Å². The van der Waals surface area contributed by atoms with Gasteiger partial charge in [0.1, 0.15) is 0 Å². The van der Waals surface area contributed by atoms with Crippen molar-refractivity contribution in [3.05, 3.63) is 278 Å². The molecule has 11 aromatic carbocycles. The van der Waals surface area contributed by atoms with Crippen LogP contribution in [0, 0.1) is 13.8 Å². The smallest absolute Gasteiger partial charge is 0.179 e. The Labute approximate surface area is 422 Å². The summed E-state index contributed by atoms with van der Waals surface area (Å²) < 4.78 is 5.00. The third-order valence-electron chi connectivity index (χ3n) is 15.8. The molecule has 340 valence electrons. The molecule has 0 radical (unpaired) electrons. The molecule has 14 rings (SSSR count). The summed E-state index contributed by atoms with van der Waals surface area (Å²) in [6.07, 6.45) is 0. The zero-order chi connectivity index (χ0) is 48.0. The molecule has 0 saturated carbocycles. The molecule has 0 atom stereocenters. The number of hydrogen-bond donors (Lipinski definition) is 0. The zero-order valence-corrected chi connectivity index (χ0v) is 42.3. The van der Waals surface area contributed by atoms with Crippen LogP contribution in [-0.4, -0.2) is 25.3 Å². The molecule has 0 spiro atoms. The van der Waals surface area contributed by atoms with Crippen LogP contribution >= 0.6 is 0 Å². The van der Waals surface area contributed by atoms with Gasteiger partial charge in [0, 0.05) is 32.9 Å². The third kappa shape index (κ3) is 6.13. The van der Waals surface area contributed by atoms with Crippen molar-refractivity contribution >= 4 is 101 Å². The van der Waals surface area contributed by atoms with Crippen LogP contribution in [0.15, 0.2) is 267 Å². The van der Waals surface area contributed by atoms with Crippen LogP contribution in [0.25, 0.3) is 66.1 Å². The van der Waals surface area contributed by atoms with Gasteiger partial charge in [-0.15, -0.1) is 0 Å². The van der Waals surface area contributed by atoms with Gasteiger partial charge < -0.3 is 9.13 Å². The molecule has 2 aromatic heterocycles. The molecule has 0 N–H and O–H groups in total. The quantitative estimate of drug-likeness (QED) is 0.141. The minimum Gasteiger partial charge on any atom is -0.309 e. The molecule has 13 aromatic rings. The Balaban J connectivity index is 1.05. The molecular formula is C68H50N2Si2. The molecule has 72 heavy (non-hydrogen) atoms.